The molecule has 136 valence electrons. The normalized spacial score (nSPS) is 16.3. The lowest BCUT2D eigenvalue weighted by Crippen LogP contribution is -2.48. The van der Waals surface area contributed by atoms with Crippen molar-refractivity contribution in [2.24, 2.45) is 0 Å². The summed E-state index contributed by atoms with van der Waals surface area (Å²) in [5.74, 6) is -0.207. The molecule has 1 aliphatic heterocycles. The Kier molecular flexibility index (Phi) is 5.68. The van der Waals surface area contributed by atoms with E-state index in [4.69, 9.17) is 4.74 Å². The summed E-state index contributed by atoms with van der Waals surface area (Å²) in [6.45, 7) is 3.25. The topological polar surface area (TPSA) is 58.6 Å². The number of benzene rings is 2. The second-order valence-corrected chi connectivity index (χ2v) is 6.50. The van der Waals surface area contributed by atoms with Gasteiger partial charge < -0.3 is 15.0 Å². The molecule has 3 rings (SSSR count). The monoisotopic (exact) mass is 352 g/mol. The Balaban J connectivity index is 1.84. The Bertz CT molecular complexity index is 803. The van der Waals surface area contributed by atoms with Gasteiger partial charge in [-0.2, -0.15) is 0 Å². The molecule has 26 heavy (non-hydrogen) atoms. The van der Waals surface area contributed by atoms with Crippen LogP contribution in [-0.4, -0.2) is 37.0 Å². The molecule has 0 saturated carbocycles. The highest BCUT2D eigenvalue weighted by atomic mass is 16.5. The predicted octanol–water partition coefficient (Wildman–Crippen LogP) is 2.38. The van der Waals surface area contributed by atoms with Crippen molar-refractivity contribution in [3.63, 3.8) is 0 Å². The van der Waals surface area contributed by atoms with Gasteiger partial charge >= 0.3 is 0 Å². The molecule has 1 atom stereocenters. The maximum atomic E-state index is 13.0. The van der Waals surface area contributed by atoms with E-state index in [2.05, 4.69) is 5.32 Å². The van der Waals surface area contributed by atoms with Gasteiger partial charge in [0, 0.05) is 20.2 Å². The first kappa shape index (κ1) is 18.1. The third kappa shape index (κ3) is 3.78. The van der Waals surface area contributed by atoms with Crippen molar-refractivity contribution in [3.05, 3.63) is 70.8 Å². The molecule has 1 heterocycles. The van der Waals surface area contributed by atoms with Gasteiger partial charge in [-0.25, -0.2) is 0 Å². The number of nitrogens with zero attached hydrogens (tertiary/aromatic N) is 1. The van der Waals surface area contributed by atoms with E-state index in [0.29, 0.717) is 26.1 Å². The number of hydrogen-bond acceptors (Lipinski definition) is 3. The van der Waals surface area contributed by atoms with Gasteiger partial charge in [0.15, 0.2) is 0 Å². The van der Waals surface area contributed by atoms with E-state index in [-0.39, 0.29) is 11.8 Å². The molecule has 0 saturated heterocycles. The smallest absolute Gasteiger partial charge is 0.247 e. The minimum absolute atomic E-state index is 0.0446. The first-order chi connectivity index (χ1) is 12.6. The molecule has 0 aliphatic carbocycles. The van der Waals surface area contributed by atoms with Gasteiger partial charge in [0.25, 0.3) is 0 Å². The highest BCUT2D eigenvalue weighted by Crippen LogP contribution is 2.30. The van der Waals surface area contributed by atoms with Crippen molar-refractivity contribution in [1.82, 2.24) is 10.2 Å². The molecule has 2 amide bonds. The van der Waals surface area contributed by atoms with E-state index in [1.165, 1.54) is 0 Å². The highest BCUT2D eigenvalue weighted by Gasteiger charge is 2.36. The summed E-state index contributed by atoms with van der Waals surface area (Å²) < 4.78 is 5.13. The number of methoxy groups -OCH3 is 1. The molecule has 0 aromatic heterocycles. The average molecular weight is 352 g/mol. The van der Waals surface area contributed by atoms with E-state index < -0.39 is 6.04 Å². The van der Waals surface area contributed by atoms with E-state index in [1.54, 1.807) is 12.0 Å². The lowest BCUT2D eigenvalue weighted by molar-refractivity contribution is -0.142. The largest absolute Gasteiger partial charge is 0.383 e. The molecule has 1 aliphatic rings. The van der Waals surface area contributed by atoms with Crippen LogP contribution in [0.3, 0.4) is 0 Å². The molecule has 1 unspecified atom stereocenters. The lowest BCUT2D eigenvalue weighted by atomic mass is 9.91. The van der Waals surface area contributed by atoms with Crippen LogP contribution in [0.15, 0.2) is 48.5 Å². The van der Waals surface area contributed by atoms with Gasteiger partial charge in [-0.15, -0.1) is 0 Å². The van der Waals surface area contributed by atoms with E-state index in [9.17, 15) is 9.59 Å². The fourth-order valence-electron chi connectivity index (χ4n) is 3.35. The van der Waals surface area contributed by atoms with Gasteiger partial charge in [0.1, 0.15) is 6.04 Å². The number of ether oxygens (including phenoxy) is 1. The number of amides is 2. The Morgan fingerprint density at radius 3 is 2.69 bits per heavy atom. The van der Waals surface area contributed by atoms with Gasteiger partial charge in [-0.3, -0.25) is 9.59 Å². The van der Waals surface area contributed by atoms with Crippen molar-refractivity contribution in [3.8, 4) is 0 Å². The minimum Gasteiger partial charge on any atom is -0.383 e. The summed E-state index contributed by atoms with van der Waals surface area (Å²) in [6.07, 6.45) is 0.321. The zero-order valence-electron chi connectivity index (χ0n) is 15.2. The molecule has 0 radical (unpaired) electrons. The number of carbonyl (C=O) groups is 2. The molecule has 2 aromatic carbocycles. The summed E-state index contributed by atoms with van der Waals surface area (Å²) in [7, 11) is 1.59. The molecule has 1 N–H and O–H groups in total. The summed E-state index contributed by atoms with van der Waals surface area (Å²) in [5, 5.41) is 3.00. The SMILES string of the molecule is COCCN1C(=O)Cc2ccccc2C1C(=O)NCc1ccccc1C. The molecule has 2 aromatic rings. The van der Waals surface area contributed by atoms with Crippen molar-refractivity contribution < 1.29 is 14.3 Å². The predicted molar refractivity (Wildman–Crippen MR) is 99.5 cm³/mol. The molecular weight excluding hydrogens is 328 g/mol. The molecule has 0 spiro atoms. The summed E-state index contributed by atoms with van der Waals surface area (Å²) in [5.41, 5.74) is 4.01. The Hall–Kier alpha value is -2.66. The maximum Gasteiger partial charge on any atom is 0.247 e. The number of carbonyl (C=O) groups excluding carboxylic acids is 2. The van der Waals surface area contributed by atoms with Gasteiger partial charge in [-0.05, 0) is 29.2 Å². The quantitative estimate of drug-likeness (QED) is 0.868. The number of hydrogen-bond donors (Lipinski definition) is 1. The third-order valence-corrected chi connectivity index (χ3v) is 4.82. The van der Waals surface area contributed by atoms with Crippen LogP contribution in [-0.2, 0) is 27.3 Å². The van der Waals surface area contributed by atoms with Crippen molar-refractivity contribution in [2.75, 3.05) is 20.3 Å². The van der Waals surface area contributed by atoms with E-state index >= 15 is 0 Å². The number of rotatable bonds is 6. The third-order valence-electron chi connectivity index (χ3n) is 4.82. The second-order valence-electron chi connectivity index (χ2n) is 6.50. The van der Waals surface area contributed by atoms with E-state index in [1.807, 2.05) is 55.5 Å². The standard InChI is InChI=1S/C21H24N2O3/c1-15-7-3-4-9-17(15)14-22-21(25)20-18-10-6-5-8-16(18)13-19(24)23(20)11-12-26-2/h3-10,20H,11-14H2,1-2H3,(H,22,25). The fraction of sp³-hybridized carbons (Fsp3) is 0.333. The van der Waals surface area contributed by atoms with Gasteiger partial charge in [0.2, 0.25) is 11.8 Å². The molecule has 0 bridgehead atoms. The Labute approximate surface area is 154 Å². The number of aryl methyl sites for hydroxylation is 1. The summed E-state index contributed by atoms with van der Waals surface area (Å²) >= 11 is 0. The minimum atomic E-state index is -0.619. The van der Waals surface area contributed by atoms with Crippen LogP contribution in [0.2, 0.25) is 0 Å². The lowest BCUT2D eigenvalue weighted by Gasteiger charge is -2.36. The van der Waals surface area contributed by atoms with Gasteiger partial charge in [0.05, 0.1) is 13.0 Å². The highest BCUT2D eigenvalue weighted by molar-refractivity contribution is 5.92. The zero-order chi connectivity index (χ0) is 18.5. The van der Waals surface area contributed by atoms with Crippen LogP contribution in [0.25, 0.3) is 0 Å². The molecule has 5 heteroatoms. The first-order valence-corrected chi connectivity index (χ1v) is 8.80. The van der Waals surface area contributed by atoms with E-state index in [0.717, 1.165) is 22.3 Å². The van der Waals surface area contributed by atoms with Gasteiger partial charge in [-0.1, -0.05) is 48.5 Å². The van der Waals surface area contributed by atoms with Crippen molar-refractivity contribution in [2.45, 2.75) is 25.9 Å². The number of nitrogens with one attached hydrogen (secondary N) is 1. The summed E-state index contributed by atoms with van der Waals surface area (Å²) in [4.78, 5) is 27.2. The molecular formula is C21H24N2O3. The average Bonchev–Trinajstić information content (AvgIpc) is 2.65. The summed E-state index contributed by atoms with van der Waals surface area (Å²) in [6, 6.07) is 15.0. The Morgan fingerprint density at radius 2 is 1.92 bits per heavy atom. The van der Waals surface area contributed by atoms with Crippen LogP contribution < -0.4 is 5.32 Å². The van der Waals surface area contributed by atoms with Crippen LogP contribution in [0, 0.1) is 6.92 Å². The first-order valence-electron chi connectivity index (χ1n) is 8.80. The zero-order valence-corrected chi connectivity index (χ0v) is 15.2. The van der Waals surface area contributed by atoms with Crippen LogP contribution >= 0.6 is 0 Å². The molecule has 5 nitrogen and oxygen atoms in total. The Morgan fingerprint density at radius 1 is 1.19 bits per heavy atom. The fourth-order valence-corrected chi connectivity index (χ4v) is 3.35. The second kappa shape index (κ2) is 8.15. The van der Waals surface area contributed by atoms with Crippen molar-refractivity contribution in [1.29, 1.82) is 0 Å². The maximum absolute atomic E-state index is 13.0. The van der Waals surface area contributed by atoms with Crippen LogP contribution in [0.5, 0.6) is 0 Å². The number of fused-ring (bicyclic) bond motifs is 1. The molecule has 0 fully saturated rings. The van der Waals surface area contributed by atoms with Crippen molar-refractivity contribution >= 4 is 11.8 Å². The van der Waals surface area contributed by atoms with Crippen LogP contribution in [0.1, 0.15) is 28.3 Å². The van der Waals surface area contributed by atoms with Crippen LogP contribution in [0.4, 0.5) is 0 Å².